The van der Waals surface area contributed by atoms with Crippen LogP contribution in [0.25, 0.3) is 0 Å². The van der Waals surface area contributed by atoms with Crippen LogP contribution < -0.4 is 10.5 Å². The van der Waals surface area contributed by atoms with Gasteiger partial charge in [0.25, 0.3) is 0 Å². The third-order valence-electron chi connectivity index (χ3n) is 3.65. The van der Waals surface area contributed by atoms with Crippen molar-refractivity contribution in [3.05, 3.63) is 29.6 Å². The molecule has 0 saturated heterocycles. The van der Waals surface area contributed by atoms with E-state index in [2.05, 4.69) is 13.8 Å². The zero-order valence-corrected chi connectivity index (χ0v) is 13.1. The highest BCUT2D eigenvalue weighted by Crippen LogP contribution is 2.25. The van der Waals surface area contributed by atoms with Gasteiger partial charge in [-0.1, -0.05) is 32.8 Å². The third kappa shape index (κ3) is 6.02. The van der Waals surface area contributed by atoms with E-state index in [-0.39, 0.29) is 11.6 Å². The quantitative estimate of drug-likeness (QED) is 0.690. The van der Waals surface area contributed by atoms with E-state index < -0.39 is 6.10 Å². The fourth-order valence-electron chi connectivity index (χ4n) is 2.50. The van der Waals surface area contributed by atoms with Gasteiger partial charge in [-0.05, 0) is 49.4 Å². The smallest absolute Gasteiger partial charge is 0.165 e. The summed E-state index contributed by atoms with van der Waals surface area (Å²) in [7, 11) is 0. The summed E-state index contributed by atoms with van der Waals surface area (Å²) < 4.78 is 19.5. The van der Waals surface area contributed by atoms with Crippen molar-refractivity contribution in [2.45, 2.75) is 52.1 Å². The summed E-state index contributed by atoms with van der Waals surface area (Å²) in [4.78, 5) is 0. The number of ether oxygens (including phenoxy) is 1. The molecule has 0 aliphatic carbocycles. The first-order valence-corrected chi connectivity index (χ1v) is 7.92. The molecule has 3 nitrogen and oxygen atoms in total. The summed E-state index contributed by atoms with van der Waals surface area (Å²) in [5.41, 5.74) is 6.09. The second-order valence-corrected chi connectivity index (χ2v) is 5.54. The summed E-state index contributed by atoms with van der Waals surface area (Å²) in [6.07, 6.45) is 4.17. The van der Waals surface area contributed by atoms with Gasteiger partial charge in [0.15, 0.2) is 11.6 Å². The average Bonchev–Trinajstić information content (AvgIpc) is 2.47. The Morgan fingerprint density at radius 1 is 1.19 bits per heavy atom. The topological polar surface area (TPSA) is 55.5 Å². The molecule has 3 N–H and O–H groups in total. The molecule has 0 fully saturated rings. The Hall–Kier alpha value is -1.13. The molecule has 0 aromatic heterocycles. The standard InChI is InChI=1S/C17H28FNO2/c1-3-5-13(6-4-2)12-21-17-11-14(7-8-15(17)18)16(20)9-10-19/h7-8,11,13,16,20H,3-6,9-10,12,19H2,1-2H3/t16-/m1/s1. The number of aliphatic hydroxyl groups is 1. The van der Waals surface area contributed by atoms with Gasteiger partial charge in [0.1, 0.15) is 0 Å². The van der Waals surface area contributed by atoms with Crippen molar-refractivity contribution < 1.29 is 14.2 Å². The number of benzene rings is 1. The van der Waals surface area contributed by atoms with Gasteiger partial charge in [-0.15, -0.1) is 0 Å². The predicted molar refractivity (Wildman–Crippen MR) is 83.8 cm³/mol. The molecule has 1 aromatic rings. The van der Waals surface area contributed by atoms with E-state index in [0.29, 0.717) is 31.1 Å². The second-order valence-electron chi connectivity index (χ2n) is 5.54. The van der Waals surface area contributed by atoms with Crippen molar-refractivity contribution in [2.75, 3.05) is 13.2 Å². The van der Waals surface area contributed by atoms with Crippen molar-refractivity contribution in [2.24, 2.45) is 11.7 Å². The highest BCUT2D eigenvalue weighted by molar-refractivity contribution is 5.31. The lowest BCUT2D eigenvalue weighted by atomic mass is 9.99. The lowest BCUT2D eigenvalue weighted by molar-refractivity contribution is 0.168. The first-order valence-electron chi connectivity index (χ1n) is 7.92. The molecule has 1 atom stereocenters. The van der Waals surface area contributed by atoms with Crippen LogP contribution in [0.5, 0.6) is 5.75 Å². The first kappa shape index (κ1) is 17.9. The molecule has 0 aliphatic heterocycles. The molecule has 0 spiro atoms. The molecule has 21 heavy (non-hydrogen) atoms. The third-order valence-corrected chi connectivity index (χ3v) is 3.65. The summed E-state index contributed by atoms with van der Waals surface area (Å²) in [6, 6.07) is 4.52. The normalized spacial score (nSPS) is 12.7. The van der Waals surface area contributed by atoms with Crippen LogP contribution in [0.15, 0.2) is 18.2 Å². The SMILES string of the molecule is CCCC(CCC)COc1cc([C@H](O)CCN)ccc1F. The molecular formula is C17H28FNO2. The van der Waals surface area contributed by atoms with Gasteiger partial charge in [0.2, 0.25) is 0 Å². The van der Waals surface area contributed by atoms with Gasteiger partial charge in [-0.2, -0.15) is 0 Å². The van der Waals surface area contributed by atoms with E-state index in [4.69, 9.17) is 10.5 Å². The number of aliphatic hydroxyl groups excluding tert-OH is 1. The maximum atomic E-state index is 13.8. The molecule has 0 unspecified atom stereocenters. The van der Waals surface area contributed by atoms with Crippen LogP contribution in [-0.2, 0) is 0 Å². The molecule has 0 amide bonds. The van der Waals surface area contributed by atoms with Gasteiger partial charge < -0.3 is 15.6 Å². The van der Waals surface area contributed by atoms with Crippen LogP contribution in [-0.4, -0.2) is 18.3 Å². The van der Waals surface area contributed by atoms with Crippen molar-refractivity contribution in [3.63, 3.8) is 0 Å². The number of rotatable bonds is 10. The Balaban J connectivity index is 2.70. The van der Waals surface area contributed by atoms with Gasteiger partial charge in [-0.3, -0.25) is 0 Å². The molecular weight excluding hydrogens is 269 g/mol. The van der Waals surface area contributed by atoms with Crippen LogP contribution in [0.1, 0.15) is 57.6 Å². The van der Waals surface area contributed by atoms with Crippen LogP contribution in [0.4, 0.5) is 4.39 Å². The fourth-order valence-corrected chi connectivity index (χ4v) is 2.50. The molecule has 0 aliphatic rings. The van der Waals surface area contributed by atoms with E-state index in [0.717, 1.165) is 25.7 Å². The Morgan fingerprint density at radius 2 is 1.86 bits per heavy atom. The van der Waals surface area contributed by atoms with Crippen molar-refractivity contribution in [3.8, 4) is 5.75 Å². The van der Waals surface area contributed by atoms with Crippen LogP contribution in [0.2, 0.25) is 0 Å². The summed E-state index contributed by atoms with van der Waals surface area (Å²) in [5, 5.41) is 9.92. The maximum Gasteiger partial charge on any atom is 0.165 e. The van der Waals surface area contributed by atoms with Gasteiger partial charge in [0.05, 0.1) is 12.7 Å². The minimum atomic E-state index is -0.667. The highest BCUT2D eigenvalue weighted by Gasteiger charge is 2.13. The monoisotopic (exact) mass is 297 g/mol. The number of nitrogens with two attached hydrogens (primary N) is 1. The molecule has 0 bridgehead atoms. The number of hydrogen-bond acceptors (Lipinski definition) is 3. The molecule has 4 heteroatoms. The largest absolute Gasteiger partial charge is 0.490 e. The minimum absolute atomic E-state index is 0.223. The molecule has 0 heterocycles. The maximum absolute atomic E-state index is 13.8. The van der Waals surface area contributed by atoms with Gasteiger partial charge >= 0.3 is 0 Å². The van der Waals surface area contributed by atoms with Crippen molar-refractivity contribution in [1.82, 2.24) is 0 Å². The van der Waals surface area contributed by atoms with Crippen LogP contribution >= 0.6 is 0 Å². The Kier molecular flexibility index (Phi) is 8.31. The molecule has 120 valence electrons. The highest BCUT2D eigenvalue weighted by atomic mass is 19.1. The van der Waals surface area contributed by atoms with E-state index in [1.54, 1.807) is 12.1 Å². The Labute approximate surface area is 127 Å². The summed E-state index contributed by atoms with van der Waals surface area (Å²) in [5.74, 6) is 0.295. The molecule has 0 radical (unpaired) electrons. The van der Waals surface area contributed by atoms with Gasteiger partial charge in [0, 0.05) is 0 Å². The summed E-state index contributed by atoms with van der Waals surface area (Å²) in [6.45, 7) is 5.21. The number of hydrogen-bond donors (Lipinski definition) is 2. The lowest BCUT2D eigenvalue weighted by Gasteiger charge is -2.18. The molecule has 0 saturated carbocycles. The number of halogens is 1. The minimum Gasteiger partial charge on any atom is -0.490 e. The van der Waals surface area contributed by atoms with Gasteiger partial charge in [-0.25, -0.2) is 4.39 Å². The second kappa shape index (κ2) is 9.74. The van der Waals surface area contributed by atoms with E-state index in [9.17, 15) is 9.50 Å². The van der Waals surface area contributed by atoms with E-state index in [1.165, 1.54) is 6.07 Å². The zero-order valence-electron chi connectivity index (χ0n) is 13.1. The predicted octanol–water partition coefficient (Wildman–Crippen LogP) is 3.80. The summed E-state index contributed by atoms with van der Waals surface area (Å²) >= 11 is 0. The van der Waals surface area contributed by atoms with E-state index in [1.807, 2.05) is 0 Å². The average molecular weight is 297 g/mol. The lowest BCUT2D eigenvalue weighted by Crippen LogP contribution is -2.13. The Bertz CT molecular complexity index is 406. The van der Waals surface area contributed by atoms with E-state index >= 15 is 0 Å². The first-order chi connectivity index (χ1) is 10.1. The van der Waals surface area contributed by atoms with Crippen LogP contribution in [0, 0.1) is 11.7 Å². The van der Waals surface area contributed by atoms with Crippen molar-refractivity contribution >= 4 is 0 Å². The molecule has 1 aromatic carbocycles. The van der Waals surface area contributed by atoms with Crippen LogP contribution in [0.3, 0.4) is 0 Å². The molecule has 1 rings (SSSR count). The Morgan fingerprint density at radius 3 is 2.43 bits per heavy atom. The van der Waals surface area contributed by atoms with Crippen molar-refractivity contribution in [1.29, 1.82) is 0 Å². The fraction of sp³-hybridized carbons (Fsp3) is 0.647. The zero-order chi connectivity index (χ0) is 15.7.